The molecule has 2 aromatic carbocycles. The molecule has 1 fully saturated rings. The summed E-state index contributed by atoms with van der Waals surface area (Å²) >= 11 is 0. The largest absolute Gasteiger partial charge is 0.322 e. The standard InChI is InChI=1S/C22H29N3O/c1-17-9-10-21(18(2)15-17)23-22(26)19(3)25-13-11-24(12-14-25)16-20-7-5-4-6-8-20/h4-10,15,19H,11-14,16H2,1-3H3,(H,23,26)/p+2/t19-/m1/s1. The van der Waals surface area contributed by atoms with E-state index in [2.05, 4.69) is 55.6 Å². The van der Waals surface area contributed by atoms with Crippen molar-refractivity contribution in [3.05, 3.63) is 65.2 Å². The first-order valence-electron chi connectivity index (χ1n) is 9.63. The van der Waals surface area contributed by atoms with Gasteiger partial charge in [-0.05, 0) is 32.4 Å². The van der Waals surface area contributed by atoms with Crippen LogP contribution in [0.2, 0.25) is 0 Å². The van der Waals surface area contributed by atoms with Crippen molar-refractivity contribution in [1.29, 1.82) is 0 Å². The Labute approximate surface area is 156 Å². The SMILES string of the molecule is Cc1ccc(NC(=O)[C@@H](C)[NH+]2CC[NH+](Cc3ccccc3)CC2)c(C)c1. The lowest BCUT2D eigenvalue weighted by Gasteiger charge is -2.32. The van der Waals surface area contributed by atoms with Gasteiger partial charge in [-0.2, -0.15) is 0 Å². The van der Waals surface area contributed by atoms with E-state index < -0.39 is 0 Å². The molecule has 0 radical (unpaired) electrons. The van der Waals surface area contributed by atoms with E-state index in [4.69, 9.17) is 0 Å². The van der Waals surface area contributed by atoms with Gasteiger partial charge >= 0.3 is 0 Å². The molecule has 0 unspecified atom stereocenters. The molecule has 0 aromatic heterocycles. The quantitative estimate of drug-likeness (QED) is 0.724. The molecule has 0 saturated carbocycles. The molecule has 1 saturated heterocycles. The van der Waals surface area contributed by atoms with Crippen molar-refractivity contribution in [2.45, 2.75) is 33.4 Å². The molecule has 1 aliphatic heterocycles. The van der Waals surface area contributed by atoms with Crippen LogP contribution in [-0.4, -0.2) is 38.1 Å². The molecule has 0 bridgehead atoms. The molecule has 1 heterocycles. The fourth-order valence-corrected chi connectivity index (χ4v) is 3.80. The second-order valence-electron chi connectivity index (χ2n) is 7.60. The maximum Gasteiger partial charge on any atom is 0.282 e. The number of hydrogen-bond acceptors (Lipinski definition) is 1. The van der Waals surface area contributed by atoms with E-state index >= 15 is 0 Å². The highest BCUT2D eigenvalue weighted by molar-refractivity contribution is 5.94. The number of piperazine rings is 1. The summed E-state index contributed by atoms with van der Waals surface area (Å²) < 4.78 is 0. The third-order valence-electron chi connectivity index (χ3n) is 5.54. The van der Waals surface area contributed by atoms with Gasteiger partial charge in [-0.3, -0.25) is 4.79 Å². The van der Waals surface area contributed by atoms with Gasteiger partial charge in [0.2, 0.25) is 0 Å². The molecule has 3 rings (SSSR count). The number of rotatable bonds is 5. The third-order valence-corrected chi connectivity index (χ3v) is 5.54. The Morgan fingerprint density at radius 3 is 2.38 bits per heavy atom. The number of nitrogens with one attached hydrogen (secondary N) is 3. The third kappa shape index (κ3) is 4.71. The molecule has 1 amide bonds. The van der Waals surface area contributed by atoms with E-state index in [9.17, 15) is 4.79 Å². The van der Waals surface area contributed by atoms with Gasteiger partial charge in [0.05, 0.1) is 0 Å². The zero-order chi connectivity index (χ0) is 18.5. The van der Waals surface area contributed by atoms with Gasteiger partial charge in [0, 0.05) is 11.3 Å². The molecule has 4 heteroatoms. The molecule has 4 nitrogen and oxygen atoms in total. The van der Waals surface area contributed by atoms with E-state index in [0.29, 0.717) is 0 Å². The van der Waals surface area contributed by atoms with Crippen LogP contribution >= 0.6 is 0 Å². The topological polar surface area (TPSA) is 38.0 Å². The Hall–Kier alpha value is -2.17. The number of quaternary nitrogens is 2. The lowest BCUT2D eigenvalue weighted by molar-refractivity contribution is -1.02. The summed E-state index contributed by atoms with van der Waals surface area (Å²) in [6.45, 7) is 11.6. The van der Waals surface area contributed by atoms with Crippen LogP contribution in [0.1, 0.15) is 23.6 Å². The molecule has 3 N–H and O–H groups in total. The van der Waals surface area contributed by atoms with Gasteiger partial charge in [0.15, 0.2) is 6.04 Å². The smallest absolute Gasteiger partial charge is 0.282 e. The van der Waals surface area contributed by atoms with Gasteiger partial charge in [-0.15, -0.1) is 0 Å². The fraction of sp³-hybridized carbons (Fsp3) is 0.409. The Balaban J connectivity index is 1.51. The van der Waals surface area contributed by atoms with Gasteiger partial charge in [-0.1, -0.05) is 48.0 Å². The van der Waals surface area contributed by atoms with Gasteiger partial charge in [0.25, 0.3) is 5.91 Å². The molecule has 138 valence electrons. The van der Waals surface area contributed by atoms with Crippen molar-refractivity contribution in [2.24, 2.45) is 0 Å². The van der Waals surface area contributed by atoms with Crippen LogP contribution in [0.25, 0.3) is 0 Å². The summed E-state index contributed by atoms with van der Waals surface area (Å²) in [5.74, 6) is 0.124. The van der Waals surface area contributed by atoms with Crippen molar-refractivity contribution in [3.8, 4) is 0 Å². The summed E-state index contributed by atoms with van der Waals surface area (Å²) in [5.41, 5.74) is 4.67. The van der Waals surface area contributed by atoms with Crippen molar-refractivity contribution in [1.82, 2.24) is 0 Å². The van der Waals surface area contributed by atoms with Crippen LogP contribution < -0.4 is 15.1 Å². The zero-order valence-electron chi connectivity index (χ0n) is 16.1. The number of carbonyl (C=O) groups excluding carboxylic acids is 1. The number of carbonyl (C=O) groups is 1. The van der Waals surface area contributed by atoms with Gasteiger partial charge < -0.3 is 15.1 Å². The van der Waals surface area contributed by atoms with Crippen LogP contribution in [0.4, 0.5) is 5.69 Å². The maximum atomic E-state index is 12.7. The normalized spacial score (nSPS) is 21.2. The lowest BCUT2D eigenvalue weighted by Crippen LogP contribution is -3.29. The summed E-state index contributed by atoms with van der Waals surface area (Å²) in [6, 6.07) is 16.8. The average molecular weight is 354 g/mol. The molecule has 2 aromatic rings. The van der Waals surface area contributed by atoms with E-state index in [1.807, 2.05) is 19.1 Å². The Morgan fingerprint density at radius 2 is 1.73 bits per heavy atom. The number of aryl methyl sites for hydroxylation is 2. The summed E-state index contributed by atoms with van der Waals surface area (Å²) in [7, 11) is 0. The minimum Gasteiger partial charge on any atom is -0.322 e. The zero-order valence-corrected chi connectivity index (χ0v) is 16.1. The number of benzene rings is 2. The minimum absolute atomic E-state index is 0.0195. The van der Waals surface area contributed by atoms with Crippen molar-refractivity contribution < 1.29 is 14.6 Å². The monoisotopic (exact) mass is 353 g/mol. The Bertz CT molecular complexity index is 736. The molecule has 1 atom stereocenters. The van der Waals surface area contributed by atoms with Crippen LogP contribution in [0.3, 0.4) is 0 Å². The van der Waals surface area contributed by atoms with E-state index in [1.54, 1.807) is 4.90 Å². The molecular weight excluding hydrogens is 322 g/mol. The van der Waals surface area contributed by atoms with Crippen LogP contribution in [0.5, 0.6) is 0 Å². The highest BCUT2D eigenvalue weighted by Crippen LogP contribution is 2.15. The summed E-state index contributed by atoms with van der Waals surface area (Å²) in [6.07, 6.45) is 0. The number of amides is 1. The maximum absolute atomic E-state index is 12.7. The first-order valence-corrected chi connectivity index (χ1v) is 9.63. The van der Waals surface area contributed by atoms with E-state index in [-0.39, 0.29) is 11.9 Å². The number of hydrogen-bond donors (Lipinski definition) is 3. The van der Waals surface area contributed by atoms with E-state index in [1.165, 1.54) is 16.0 Å². The molecule has 26 heavy (non-hydrogen) atoms. The molecule has 1 aliphatic rings. The summed E-state index contributed by atoms with van der Waals surface area (Å²) in [4.78, 5) is 15.7. The Kier molecular flexibility index (Phi) is 6.07. The number of anilines is 1. The van der Waals surface area contributed by atoms with Gasteiger partial charge in [-0.25, -0.2) is 0 Å². The predicted octanol–water partition coefficient (Wildman–Crippen LogP) is 0.614. The first kappa shape index (κ1) is 18.6. The summed E-state index contributed by atoms with van der Waals surface area (Å²) in [5, 5.41) is 3.12. The van der Waals surface area contributed by atoms with E-state index in [0.717, 1.165) is 44.0 Å². The van der Waals surface area contributed by atoms with Crippen LogP contribution in [0.15, 0.2) is 48.5 Å². The highest BCUT2D eigenvalue weighted by atomic mass is 16.2. The second kappa shape index (κ2) is 8.47. The minimum atomic E-state index is -0.0195. The van der Waals surface area contributed by atoms with Gasteiger partial charge in [0.1, 0.15) is 32.7 Å². The lowest BCUT2D eigenvalue weighted by atomic mass is 10.1. The van der Waals surface area contributed by atoms with Crippen LogP contribution in [-0.2, 0) is 11.3 Å². The van der Waals surface area contributed by atoms with Crippen LogP contribution in [0, 0.1) is 13.8 Å². The van der Waals surface area contributed by atoms with Crippen molar-refractivity contribution >= 4 is 11.6 Å². The fourth-order valence-electron chi connectivity index (χ4n) is 3.80. The van der Waals surface area contributed by atoms with Crippen molar-refractivity contribution in [3.63, 3.8) is 0 Å². The van der Waals surface area contributed by atoms with Crippen molar-refractivity contribution in [2.75, 3.05) is 31.5 Å². The Morgan fingerprint density at radius 1 is 1.04 bits per heavy atom. The molecule has 0 spiro atoms. The molecular formula is C22H31N3O+2. The second-order valence-corrected chi connectivity index (χ2v) is 7.60. The highest BCUT2D eigenvalue weighted by Gasteiger charge is 2.31. The first-order chi connectivity index (χ1) is 12.5. The predicted molar refractivity (Wildman–Crippen MR) is 106 cm³/mol. The average Bonchev–Trinajstić information content (AvgIpc) is 2.65. The molecule has 0 aliphatic carbocycles.